The molecular formula is C16H17NO3. The fraction of sp³-hybridized carbons (Fsp3) is 0.312. The van der Waals surface area contributed by atoms with Gasteiger partial charge in [-0.15, -0.1) is 0 Å². The number of aromatic nitrogens is 1. The smallest absolute Gasteiger partial charge is 0.167 e. The van der Waals surface area contributed by atoms with Crippen molar-refractivity contribution in [3.05, 3.63) is 53.9 Å². The molecule has 4 heteroatoms. The summed E-state index contributed by atoms with van der Waals surface area (Å²) in [5.41, 5.74) is 1.61. The van der Waals surface area contributed by atoms with Crippen molar-refractivity contribution < 1.29 is 14.6 Å². The number of hydrogen-bond donors (Lipinski definition) is 1. The summed E-state index contributed by atoms with van der Waals surface area (Å²) >= 11 is 0. The number of benzene rings is 1. The second kappa shape index (κ2) is 5.51. The van der Waals surface area contributed by atoms with Gasteiger partial charge in [0, 0.05) is 23.4 Å². The van der Waals surface area contributed by atoms with Crippen LogP contribution >= 0.6 is 0 Å². The molecule has 2 unspecified atom stereocenters. The second-order valence-electron chi connectivity index (χ2n) is 4.86. The molecule has 0 spiro atoms. The fourth-order valence-electron chi connectivity index (χ4n) is 2.41. The van der Waals surface area contributed by atoms with Crippen LogP contribution in [-0.2, 0) is 0 Å². The molecule has 0 saturated heterocycles. The Bertz CT molecular complexity index is 586. The Morgan fingerprint density at radius 1 is 1.10 bits per heavy atom. The normalized spacial score (nSPS) is 16.5. The topological polar surface area (TPSA) is 51.6 Å². The summed E-state index contributed by atoms with van der Waals surface area (Å²) in [7, 11) is 0. The van der Waals surface area contributed by atoms with Gasteiger partial charge in [0.2, 0.25) is 0 Å². The van der Waals surface area contributed by atoms with E-state index in [9.17, 15) is 5.11 Å². The number of rotatable bonds is 3. The van der Waals surface area contributed by atoms with Crippen molar-refractivity contribution in [2.45, 2.75) is 18.9 Å². The molecule has 2 heterocycles. The molecule has 0 bridgehead atoms. The van der Waals surface area contributed by atoms with Crippen LogP contribution in [0.5, 0.6) is 11.5 Å². The summed E-state index contributed by atoms with van der Waals surface area (Å²) < 4.78 is 11.2. The van der Waals surface area contributed by atoms with E-state index in [1.807, 2.05) is 43.3 Å². The Hall–Kier alpha value is -2.07. The average Bonchev–Trinajstić information content (AvgIpc) is 2.54. The van der Waals surface area contributed by atoms with E-state index in [1.54, 1.807) is 6.20 Å². The standard InChI is InChI=1S/C16H17NO3/c1-11(13-6-2-3-8-17-13)15(18)12-5-4-7-14-16(12)20-10-9-19-14/h2-8,11,15,18H,9-10H2,1H3. The van der Waals surface area contributed by atoms with E-state index >= 15 is 0 Å². The Morgan fingerprint density at radius 3 is 2.75 bits per heavy atom. The summed E-state index contributed by atoms with van der Waals surface area (Å²) in [6.45, 7) is 3.01. The second-order valence-corrected chi connectivity index (χ2v) is 4.86. The number of aliphatic hydroxyl groups excluding tert-OH is 1. The molecule has 0 aliphatic carbocycles. The molecule has 0 fully saturated rings. The lowest BCUT2D eigenvalue weighted by molar-refractivity contribution is 0.130. The SMILES string of the molecule is CC(c1ccccn1)C(O)c1cccc2c1OCCO2. The molecule has 1 aliphatic rings. The zero-order valence-electron chi connectivity index (χ0n) is 11.3. The first kappa shape index (κ1) is 12.9. The zero-order chi connectivity index (χ0) is 13.9. The summed E-state index contributed by atoms with van der Waals surface area (Å²) in [5.74, 6) is 1.23. The van der Waals surface area contributed by atoms with Crippen molar-refractivity contribution >= 4 is 0 Å². The number of nitrogens with zero attached hydrogens (tertiary/aromatic N) is 1. The Kier molecular flexibility index (Phi) is 3.56. The number of hydrogen-bond acceptors (Lipinski definition) is 4. The first-order valence-electron chi connectivity index (χ1n) is 6.75. The van der Waals surface area contributed by atoms with Crippen LogP contribution in [0.2, 0.25) is 0 Å². The third-order valence-electron chi connectivity index (χ3n) is 3.54. The van der Waals surface area contributed by atoms with Gasteiger partial charge in [0.15, 0.2) is 11.5 Å². The highest BCUT2D eigenvalue weighted by molar-refractivity contribution is 5.49. The molecule has 2 aromatic rings. The third kappa shape index (κ3) is 2.34. The van der Waals surface area contributed by atoms with E-state index < -0.39 is 6.10 Å². The molecule has 1 aromatic heterocycles. The molecule has 0 amide bonds. The minimum Gasteiger partial charge on any atom is -0.486 e. The van der Waals surface area contributed by atoms with E-state index in [2.05, 4.69) is 4.98 Å². The van der Waals surface area contributed by atoms with Crippen LogP contribution in [0.4, 0.5) is 0 Å². The minimum atomic E-state index is -0.679. The van der Waals surface area contributed by atoms with Gasteiger partial charge >= 0.3 is 0 Å². The molecule has 1 aromatic carbocycles. The van der Waals surface area contributed by atoms with Crippen LogP contribution in [0.25, 0.3) is 0 Å². The lowest BCUT2D eigenvalue weighted by Crippen LogP contribution is -2.18. The Balaban J connectivity index is 1.93. The van der Waals surface area contributed by atoms with Gasteiger partial charge in [0.05, 0.1) is 6.10 Å². The predicted molar refractivity (Wildman–Crippen MR) is 75.0 cm³/mol. The lowest BCUT2D eigenvalue weighted by atomic mass is 9.93. The number of ether oxygens (including phenoxy) is 2. The number of aliphatic hydroxyl groups is 1. The van der Waals surface area contributed by atoms with Crippen LogP contribution in [-0.4, -0.2) is 23.3 Å². The van der Waals surface area contributed by atoms with Crippen molar-refractivity contribution in [2.24, 2.45) is 0 Å². The van der Waals surface area contributed by atoms with E-state index in [0.29, 0.717) is 24.7 Å². The molecule has 1 N–H and O–H groups in total. The largest absolute Gasteiger partial charge is 0.486 e. The van der Waals surface area contributed by atoms with Crippen LogP contribution in [0, 0.1) is 0 Å². The van der Waals surface area contributed by atoms with Gasteiger partial charge in [0.25, 0.3) is 0 Å². The molecule has 4 nitrogen and oxygen atoms in total. The van der Waals surface area contributed by atoms with Gasteiger partial charge in [-0.3, -0.25) is 4.98 Å². The molecule has 104 valence electrons. The molecular weight excluding hydrogens is 254 g/mol. The summed E-state index contributed by atoms with van der Waals surface area (Å²) in [4.78, 5) is 4.31. The van der Waals surface area contributed by atoms with Gasteiger partial charge in [-0.05, 0) is 18.2 Å². The number of pyridine rings is 1. The summed E-state index contributed by atoms with van der Waals surface area (Å²) in [6, 6.07) is 11.3. The Morgan fingerprint density at radius 2 is 1.95 bits per heavy atom. The summed E-state index contributed by atoms with van der Waals surface area (Å²) in [6.07, 6.45) is 1.06. The maximum atomic E-state index is 10.6. The fourth-order valence-corrected chi connectivity index (χ4v) is 2.41. The van der Waals surface area contributed by atoms with E-state index in [-0.39, 0.29) is 5.92 Å². The van der Waals surface area contributed by atoms with E-state index in [4.69, 9.17) is 9.47 Å². The number of para-hydroxylation sites is 1. The molecule has 3 rings (SSSR count). The summed E-state index contributed by atoms with van der Waals surface area (Å²) in [5, 5.41) is 10.6. The molecule has 0 radical (unpaired) electrons. The predicted octanol–water partition coefficient (Wildman–Crippen LogP) is 2.69. The quantitative estimate of drug-likeness (QED) is 0.932. The maximum Gasteiger partial charge on any atom is 0.167 e. The van der Waals surface area contributed by atoms with Crippen molar-refractivity contribution in [3.63, 3.8) is 0 Å². The molecule has 1 aliphatic heterocycles. The van der Waals surface area contributed by atoms with Crippen molar-refractivity contribution in [3.8, 4) is 11.5 Å². The minimum absolute atomic E-state index is 0.117. The zero-order valence-corrected chi connectivity index (χ0v) is 11.3. The van der Waals surface area contributed by atoms with Gasteiger partial charge in [0.1, 0.15) is 13.2 Å². The maximum absolute atomic E-state index is 10.6. The third-order valence-corrected chi connectivity index (χ3v) is 3.54. The van der Waals surface area contributed by atoms with Gasteiger partial charge in [-0.25, -0.2) is 0 Å². The van der Waals surface area contributed by atoms with Crippen molar-refractivity contribution in [1.29, 1.82) is 0 Å². The van der Waals surface area contributed by atoms with Crippen LogP contribution in [0.1, 0.15) is 30.2 Å². The first-order valence-corrected chi connectivity index (χ1v) is 6.75. The lowest BCUT2D eigenvalue weighted by Gasteiger charge is -2.25. The van der Waals surface area contributed by atoms with Crippen LogP contribution < -0.4 is 9.47 Å². The van der Waals surface area contributed by atoms with Crippen LogP contribution in [0.3, 0.4) is 0 Å². The molecule has 2 atom stereocenters. The first-order chi connectivity index (χ1) is 9.77. The highest BCUT2D eigenvalue weighted by Gasteiger charge is 2.25. The van der Waals surface area contributed by atoms with E-state index in [1.165, 1.54) is 0 Å². The highest BCUT2D eigenvalue weighted by atomic mass is 16.6. The van der Waals surface area contributed by atoms with Gasteiger partial charge < -0.3 is 14.6 Å². The monoisotopic (exact) mass is 271 g/mol. The average molecular weight is 271 g/mol. The van der Waals surface area contributed by atoms with Crippen LogP contribution in [0.15, 0.2) is 42.6 Å². The molecule has 20 heavy (non-hydrogen) atoms. The van der Waals surface area contributed by atoms with Gasteiger partial charge in [-0.2, -0.15) is 0 Å². The van der Waals surface area contributed by atoms with E-state index in [0.717, 1.165) is 11.3 Å². The van der Waals surface area contributed by atoms with Crippen molar-refractivity contribution in [2.75, 3.05) is 13.2 Å². The number of fused-ring (bicyclic) bond motifs is 1. The Labute approximate surface area is 118 Å². The van der Waals surface area contributed by atoms with Gasteiger partial charge in [-0.1, -0.05) is 25.1 Å². The van der Waals surface area contributed by atoms with Crippen molar-refractivity contribution in [1.82, 2.24) is 4.98 Å². The molecule has 0 saturated carbocycles. The highest BCUT2D eigenvalue weighted by Crippen LogP contribution is 2.41.